The van der Waals surface area contributed by atoms with Crippen molar-refractivity contribution in [2.45, 2.75) is 12.0 Å². The number of benzene rings is 2. The van der Waals surface area contributed by atoms with E-state index in [1.54, 1.807) is 4.90 Å². The Bertz CT molecular complexity index is 694. The van der Waals surface area contributed by atoms with Gasteiger partial charge in [0.2, 0.25) is 0 Å². The van der Waals surface area contributed by atoms with Gasteiger partial charge in [-0.25, -0.2) is 4.79 Å². The van der Waals surface area contributed by atoms with Crippen molar-refractivity contribution in [1.82, 2.24) is 10.2 Å². The van der Waals surface area contributed by atoms with Crippen molar-refractivity contribution in [2.24, 2.45) is 0 Å². The van der Waals surface area contributed by atoms with E-state index < -0.39 is 0 Å². The van der Waals surface area contributed by atoms with Gasteiger partial charge in [0.15, 0.2) is 0 Å². The normalized spacial score (nSPS) is 16.4. The third-order valence-electron chi connectivity index (χ3n) is 4.93. The van der Waals surface area contributed by atoms with E-state index in [2.05, 4.69) is 41.7 Å². The number of carbonyl (C=O) groups is 1. The molecule has 1 fully saturated rings. The Labute approximate surface area is 136 Å². The predicted octanol–water partition coefficient (Wildman–Crippen LogP) is 2.84. The van der Waals surface area contributed by atoms with Crippen LogP contribution in [0, 0.1) is 0 Å². The zero-order chi connectivity index (χ0) is 15.8. The number of carbonyl (C=O) groups excluding carboxylic acids is 1. The van der Waals surface area contributed by atoms with Crippen molar-refractivity contribution in [3.05, 3.63) is 59.7 Å². The van der Waals surface area contributed by atoms with E-state index >= 15 is 0 Å². The van der Waals surface area contributed by atoms with Gasteiger partial charge in [0.25, 0.3) is 0 Å². The van der Waals surface area contributed by atoms with Crippen LogP contribution in [0.15, 0.2) is 48.5 Å². The zero-order valence-electron chi connectivity index (χ0n) is 13.2. The quantitative estimate of drug-likeness (QED) is 0.948. The molecule has 1 aliphatic heterocycles. The van der Waals surface area contributed by atoms with E-state index in [-0.39, 0.29) is 18.1 Å². The first-order chi connectivity index (χ1) is 11.3. The molecule has 1 aliphatic carbocycles. The SMILES string of the molecule is CN(C(=O)OCC1c2ccccc2-c2ccccc21)C1CNC1. The van der Waals surface area contributed by atoms with Crippen molar-refractivity contribution in [3.63, 3.8) is 0 Å². The summed E-state index contributed by atoms with van der Waals surface area (Å²) >= 11 is 0. The molecule has 1 saturated heterocycles. The van der Waals surface area contributed by atoms with Crippen molar-refractivity contribution in [2.75, 3.05) is 26.7 Å². The van der Waals surface area contributed by atoms with E-state index in [1.165, 1.54) is 22.3 Å². The summed E-state index contributed by atoms with van der Waals surface area (Å²) in [5.41, 5.74) is 4.99. The van der Waals surface area contributed by atoms with Crippen molar-refractivity contribution in [1.29, 1.82) is 0 Å². The summed E-state index contributed by atoms with van der Waals surface area (Å²) in [6.45, 7) is 2.08. The number of amides is 1. The molecule has 1 heterocycles. The van der Waals surface area contributed by atoms with Crippen LogP contribution in [0.2, 0.25) is 0 Å². The maximum atomic E-state index is 12.2. The first kappa shape index (κ1) is 14.3. The van der Waals surface area contributed by atoms with Gasteiger partial charge in [0.1, 0.15) is 6.61 Å². The number of likely N-dealkylation sites (N-methyl/N-ethyl adjacent to an activating group) is 1. The van der Waals surface area contributed by atoms with Gasteiger partial charge in [0, 0.05) is 26.1 Å². The number of ether oxygens (including phenoxy) is 1. The molecular weight excluding hydrogens is 288 g/mol. The number of hydrogen-bond donors (Lipinski definition) is 1. The molecule has 4 heteroatoms. The van der Waals surface area contributed by atoms with Gasteiger partial charge in [-0.2, -0.15) is 0 Å². The largest absolute Gasteiger partial charge is 0.448 e. The number of nitrogens with zero attached hydrogens (tertiary/aromatic N) is 1. The van der Waals surface area contributed by atoms with Crippen LogP contribution in [0.4, 0.5) is 4.79 Å². The Balaban J connectivity index is 1.53. The topological polar surface area (TPSA) is 41.6 Å². The average Bonchev–Trinajstić information content (AvgIpc) is 2.85. The third-order valence-corrected chi connectivity index (χ3v) is 4.93. The highest BCUT2D eigenvalue weighted by molar-refractivity contribution is 5.79. The molecule has 0 unspecified atom stereocenters. The van der Waals surface area contributed by atoms with Gasteiger partial charge in [-0.3, -0.25) is 0 Å². The minimum Gasteiger partial charge on any atom is -0.448 e. The number of fused-ring (bicyclic) bond motifs is 3. The summed E-state index contributed by atoms with van der Waals surface area (Å²) in [7, 11) is 1.81. The second kappa shape index (κ2) is 5.70. The summed E-state index contributed by atoms with van der Waals surface area (Å²) in [5, 5.41) is 3.17. The van der Waals surface area contributed by atoms with Crippen LogP contribution >= 0.6 is 0 Å². The Morgan fingerprint density at radius 2 is 1.65 bits per heavy atom. The number of nitrogens with one attached hydrogen (secondary N) is 1. The molecular formula is C19H20N2O2. The molecule has 0 bridgehead atoms. The Kier molecular flexibility index (Phi) is 3.54. The molecule has 23 heavy (non-hydrogen) atoms. The summed E-state index contributed by atoms with van der Waals surface area (Å²) in [5.74, 6) is 0.124. The molecule has 4 nitrogen and oxygen atoms in total. The highest BCUT2D eigenvalue weighted by Crippen LogP contribution is 2.44. The van der Waals surface area contributed by atoms with E-state index in [0.29, 0.717) is 6.61 Å². The van der Waals surface area contributed by atoms with E-state index in [0.717, 1.165) is 13.1 Å². The molecule has 0 spiro atoms. The van der Waals surface area contributed by atoms with Crippen LogP contribution in [0.25, 0.3) is 11.1 Å². The van der Waals surface area contributed by atoms with Crippen LogP contribution in [0.3, 0.4) is 0 Å². The lowest BCUT2D eigenvalue weighted by molar-refractivity contribution is 0.0838. The molecule has 2 aliphatic rings. The third kappa shape index (κ3) is 2.39. The highest BCUT2D eigenvalue weighted by Gasteiger charge is 2.31. The lowest BCUT2D eigenvalue weighted by atomic mass is 9.98. The summed E-state index contributed by atoms with van der Waals surface area (Å²) in [4.78, 5) is 13.9. The molecule has 0 atom stereocenters. The smallest absolute Gasteiger partial charge is 0.409 e. The Morgan fingerprint density at radius 3 is 2.17 bits per heavy atom. The predicted molar refractivity (Wildman–Crippen MR) is 89.5 cm³/mol. The molecule has 4 rings (SSSR count). The van der Waals surface area contributed by atoms with Gasteiger partial charge in [-0.1, -0.05) is 48.5 Å². The minimum absolute atomic E-state index is 0.124. The second-order valence-electron chi connectivity index (χ2n) is 6.23. The first-order valence-electron chi connectivity index (χ1n) is 8.04. The minimum atomic E-state index is -0.238. The number of rotatable bonds is 3. The van der Waals surface area contributed by atoms with E-state index in [4.69, 9.17) is 4.74 Å². The van der Waals surface area contributed by atoms with Crippen LogP contribution in [0.1, 0.15) is 17.0 Å². The van der Waals surface area contributed by atoms with Gasteiger partial charge >= 0.3 is 6.09 Å². The Hall–Kier alpha value is -2.33. The van der Waals surface area contributed by atoms with Crippen LogP contribution in [-0.4, -0.2) is 43.8 Å². The van der Waals surface area contributed by atoms with Crippen molar-refractivity contribution in [3.8, 4) is 11.1 Å². The fourth-order valence-corrected chi connectivity index (χ4v) is 3.39. The van der Waals surface area contributed by atoms with Crippen LogP contribution in [0.5, 0.6) is 0 Å². The van der Waals surface area contributed by atoms with Crippen LogP contribution in [-0.2, 0) is 4.74 Å². The van der Waals surface area contributed by atoms with Crippen LogP contribution < -0.4 is 5.32 Å². The monoisotopic (exact) mass is 308 g/mol. The molecule has 2 aromatic carbocycles. The standard InChI is InChI=1S/C19H20N2O2/c1-21(13-10-20-11-13)19(22)23-12-18-16-8-4-2-6-14(16)15-7-3-5-9-17(15)18/h2-9,13,18,20H,10-12H2,1H3. The van der Waals surface area contributed by atoms with E-state index in [1.807, 2.05) is 19.2 Å². The van der Waals surface area contributed by atoms with Gasteiger partial charge in [-0.15, -0.1) is 0 Å². The average molecular weight is 308 g/mol. The molecule has 118 valence electrons. The number of hydrogen-bond acceptors (Lipinski definition) is 3. The maximum Gasteiger partial charge on any atom is 0.409 e. The fraction of sp³-hybridized carbons (Fsp3) is 0.316. The van der Waals surface area contributed by atoms with E-state index in [9.17, 15) is 4.79 Å². The zero-order valence-corrected chi connectivity index (χ0v) is 13.2. The lowest BCUT2D eigenvalue weighted by Gasteiger charge is -2.35. The summed E-state index contributed by atoms with van der Waals surface area (Å²) in [6, 6.07) is 17.0. The van der Waals surface area contributed by atoms with Crippen molar-refractivity contribution >= 4 is 6.09 Å². The first-order valence-corrected chi connectivity index (χ1v) is 8.04. The molecule has 1 N–H and O–H groups in total. The summed E-state index contributed by atoms with van der Waals surface area (Å²) in [6.07, 6.45) is -0.238. The molecule has 0 aromatic heterocycles. The molecule has 0 saturated carbocycles. The molecule has 2 aromatic rings. The molecule has 1 amide bonds. The molecule has 0 radical (unpaired) electrons. The lowest BCUT2D eigenvalue weighted by Crippen LogP contribution is -2.57. The van der Waals surface area contributed by atoms with Gasteiger partial charge in [0.05, 0.1) is 6.04 Å². The second-order valence-corrected chi connectivity index (χ2v) is 6.23. The van der Waals surface area contributed by atoms with Gasteiger partial charge < -0.3 is 15.0 Å². The fourth-order valence-electron chi connectivity index (χ4n) is 3.39. The maximum absolute atomic E-state index is 12.2. The summed E-state index contributed by atoms with van der Waals surface area (Å²) < 4.78 is 5.62. The Morgan fingerprint density at radius 1 is 1.09 bits per heavy atom. The van der Waals surface area contributed by atoms with Crippen molar-refractivity contribution < 1.29 is 9.53 Å². The van der Waals surface area contributed by atoms with Gasteiger partial charge in [-0.05, 0) is 22.3 Å². The highest BCUT2D eigenvalue weighted by atomic mass is 16.6.